The Morgan fingerprint density at radius 2 is 1.83 bits per heavy atom. The zero-order valence-corrected chi connectivity index (χ0v) is 15.0. The van der Waals surface area contributed by atoms with E-state index in [1.54, 1.807) is 21.3 Å². The Bertz CT molecular complexity index is 532. The van der Waals surface area contributed by atoms with Crippen LogP contribution in [0.5, 0.6) is 17.2 Å². The minimum atomic E-state index is -0.820. The summed E-state index contributed by atoms with van der Waals surface area (Å²) < 4.78 is 16.2. The molecule has 0 heterocycles. The quantitative estimate of drug-likeness (QED) is 0.644. The first-order chi connectivity index (χ1) is 11.5. The van der Waals surface area contributed by atoms with Crippen molar-refractivity contribution in [3.05, 3.63) is 17.7 Å². The van der Waals surface area contributed by atoms with Crippen LogP contribution in [-0.2, 0) is 11.2 Å². The van der Waals surface area contributed by atoms with Crippen molar-refractivity contribution in [3.8, 4) is 17.2 Å². The second kappa shape index (κ2) is 10.0. The first-order valence-corrected chi connectivity index (χ1v) is 8.22. The molecule has 2 unspecified atom stereocenters. The molecule has 24 heavy (non-hydrogen) atoms. The summed E-state index contributed by atoms with van der Waals surface area (Å²) in [7, 11) is 4.77. The average Bonchev–Trinajstić information content (AvgIpc) is 2.60. The third-order valence-corrected chi connectivity index (χ3v) is 4.44. The van der Waals surface area contributed by atoms with E-state index in [0.717, 1.165) is 24.8 Å². The minimum Gasteiger partial charge on any atom is -0.493 e. The zero-order valence-electron chi connectivity index (χ0n) is 15.0. The molecule has 0 spiro atoms. The first-order valence-electron chi connectivity index (χ1n) is 8.22. The smallest absolute Gasteiger partial charge is 0.307 e. The fourth-order valence-electron chi connectivity index (χ4n) is 2.91. The van der Waals surface area contributed by atoms with Gasteiger partial charge in [-0.15, -0.1) is 0 Å². The van der Waals surface area contributed by atoms with Crippen molar-refractivity contribution in [2.75, 3.05) is 27.9 Å². The number of carboxylic acid groups (broad SMARTS) is 1. The Balaban J connectivity index is 2.86. The monoisotopic (exact) mass is 339 g/mol. The van der Waals surface area contributed by atoms with Gasteiger partial charge in [0, 0.05) is 6.54 Å². The van der Waals surface area contributed by atoms with E-state index in [9.17, 15) is 9.90 Å². The maximum Gasteiger partial charge on any atom is 0.307 e. The number of aliphatic carboxylic acids is 1. The van der Waals surface area contributed by atoms with Gasteiger partial charge in [-0.25, -0.2) is 0 Å². The molecule has 3 N–H and O–H groups in total. The van der Waals surface area contributed by atoms with Gasteiger partial charge < -0.3 is 25.1 Å². The van der Waals surface area contributed by atoms with Crippen LogP contribution < -0.4 is 19.9 Å². The zero-order chi connectivity index (χ0) is 18.1. The van der Waals surface area contributed by atoms with Gasteiger partial charge in [-0.2, -0.15) is 0 Å². The van der Waals surface area contributed by atoms with E-state index in [2.05, 4.69) is 6.92 Å². The highest BCUT2D eigenvalue weighted by atomic mass is 16.5. The number of carboxylic acids is 1. The molecule has 6 nitrogen and oxygen atoms in total. The van der Waals surface area contributed by atoms with Crippen molar-refractivity contribution in [2.24, 2.45) is 17.6 Å². The lowest BCUT2D eigenvalue weighted by atomic mass is 9.87. The summed E-state index contributed by atoms with van der Waals surface area (Å²) in [5.41, 5.74) is 6.59. The number of ether oxygens (including phenoxy) is 3. The normalized spacial score (nSPS) is 13.2. The third kappa shape index (κ3) is 5.03. The summed E-state index contributed by atoms with van der Waals surface area (Å²) in [5.74, 6) is 0.866. The molecule has 0 amide bonds. The number of nitrogens with two attached hydrogens (primary N) is 1. The minimum absolute atomic E-state index is 0.172. The lowest BCUT2D eigenvalue weighted by molar-refractivity contribution is -0.142. The summed E-state index contributed by atoms with van der Waals surface area (Å²) in [6, 6.07) is 3.82. The van der Waals surface area contributed by atoms with Gasteiger partial charge in [-0.05, 0) is 36.8 Å². The summed E-state index contributed by atoms with van der Waals surface area (Å²) >= 11 is 0. The maximum atomic E-state index is 11.2. The van der Waals surface area contributed by atoms with E-state index in [0.29, 0.717) is 29.6 Å². The molecule has 0 saturated heterocycles. The second-order valence-electron chi connectivity index (χ2n) is 5.81. The number of hydrogen-bond acceptors (Lipinski definition) is 5. The molecule has 6 heteroatoms. The number of rotatable bonds is 11. The number of hydrogen-bond donors (Lipinski definition) is 2. The molecular formula is C18H29NO5. The van der Waals surface area contributed by atoms with E-state index in [1.807, 2.05) is 12.1 Å². The third-order valence-electron chi connectivity index (χ3n) is 4.44. The van der Waals surface area contributed by atoms with E-state index >= 15 is 0 Å². The van der Waals surface area contributed by atoms with Crippen molar-refractivity contribution in [2.45, 2.75) is 32.6 Å². The number of methoxy groups -OCH3 is 3. The summed E-state index contributed by atoms with van der Waals surface area (Å²) in [5, 5.41) is 9.18. The molecule has 0 aromatic heterocycles. The molecule has 2 atom stereocenters. The van der Waals surface area contributed by atoms with Crippen molar-refractivity contribution in [1.82, 2.24) is 0 Å². The van der Waals surface area contributed by atoms with E-state index in [4.69, 9.17) is 19.9 Å². The van der Waals surface area contributed by atoms with Gasteiger partial charge in [-0.1, -0.05) is 19.4 Å². The number of carbonyl (C=O) groups is 1. The Labute approximate surface area is 143 Å². The molecule has 1 rings (SSSR count). The molecule has 0 aliphatic rings. The van der Waals surface area contributed by atoms with Crippen LogP contribution in [-0.4, -0.2) is 38.9 Å². The highest BCUT2D eigenvalue weighted by Crippen LogP contribution is 2.40. The lowest BCUT2D eigenvalue weighted by Gasteiger charge is -2.20. The first kappa shape index (κ1) is 20.1. The molecule has 1 aromatic rings. The van der Waals surface area contributed by atoms with Gasteiger partial charge in [0.15, 0.2) is 11.5 Å². The van der Waals surface area contributed by atoms with Gasteiger partial charge in [0.25, 0.3) is 0 Å². The van der Waals surface area contributed by atoms with E-state index < -0.39 is 11.9 Å². The molecule has 0 aliphatic carbocycles. The van der Waals surface area contributed by atoms with Gasteiger partial charge in [0.05, 0.1) is 27.2 Å². The molecule has 0 fully saturated rings. The largest absolute Gasteiger partial charge is 0.493 e. The van der Waals surface area contributed by atoms with Crippen LogP contribution >= 0.6 is 0 Å². The fraction of sp³-hybridized carbons (Fsp3) is 0.611. The van der Waals surface area contributed by atoms with Crippen LogP contribution in [0.2, 0.25) is 0 Å². The molecular weight excluding hydrogens is 310 g/mol. The van der Waals surface area contributed by atoms with Gasteiger partial charge in [0.1, 0.15) is 0 Å². The highest BCUT2D eigenvalue weighted by Gasteiger charge is 2.21. The van der Waals surface area contributed by atoms with Crippen LogP contribution in [0.25, 0.3) is 0 Å². The van der Waals surface area contributed by atoms with E-state index in [1.165, 1.54) is 0 Å². The lowest BCUT2D eigenvalue weighted by Crippen LogP contribution is -2.26. The molecule has 0 bridgehead atoms. The fourth-order valence-corrected chi connectivity index (χ4v) is 2.91. The summed E-state index contributed by atoms with van der Waals surface area (Å²) in [4.78, 5) is 11.2. The van der Waals surface area contributed by atoms with Crippen LogP contribution in [0.1, 0.15) is 31.7 Å². The van der Waals surface area contributed by atoms with Gasteiger partial charge >= 0.3 is 5.97 Å². The molecule has 0 aliphatic heterocycles. The molecule has 0 saturated carbocycles. The van der Waals surface area contributed by atoms with Crippen molar-refractivity contribution in [3.63, 3.8) is 0 Å². The molecule has 1 aromatic carbocycles. The average molecular weight is 339 g/mol. The van der Waals surface area contributed by atoms with Crippen LogP contribution in [0, 0.1) is 11.8 Å². The van der Waals surface area contributed by atoms with Gasteiger partial charge in [0.2, 0.25) is 5.75 Å². The van der Waals surface area contributed by atoms with Crippen LogP contribution in [0.15, 0.2) is 12.1 Å². The maximum absolute atomic E-state index is 11.2. The topological polar surface area (TPSA) is 91.0 Å². The molecule has 0 radical (unpaired) electrons. The Kier molecular flexibility index (Phi) is 8.40. The Hall–Kier alpha value is -1.95. The van der Waals surface area contributed by atoms with Crippen LogP contribution in [0.4, 0.5) is 0 Å². The number of aryl methyl sites for hydroxylation is 1. The highest BCUT2D eigenvalue weighted by molar-refractivity contribution is 5.70. The second-order valence-corrected chi connectivity index (χ2v) is 5.81. The summed E-state index contributed by atoms with van der Waals surface area (Å²) in [6.07, 6.45) is 3.16. The Morgan fingerprint density at radius 3 is 2.29 bits per heavy atom. The predicted octanol–water partition coefficient (Wildman–Crippen LogP) is 2.72. The summed E-state index contributed by atoms with van der Waals surface area (Å²) in [6.45, 7) is 2.25. The SMILES string of the molecule is CCC(CCc1ccc(OC)c(OC)c1OC)CC(CN)C(=O)O. The van der Waals surface area contributed by atoms with Crippen LogP contribution in [0.3, 0.4) is 0 Å². The predicted molar refractivity (Wildman–Crippen MR) is 93.0 cm³/mol. The van der Waals surface area contributed by atoms with Crippen molar-refractivity contribution < 1.29 is 24.1 Å². The molecule has 136 valence electrons. The van der Waals surface area contributed by atoms with E-state index in [-0.39, 0.29) is 6.54 Å². The van der Waals surface area contributed by atoms with Crippen molar-refractivity contribution in [1.29, 1.82) is 0 Å². The van der Waals surface area contributed by atoms with Gasteiger partial charge in [-0.3, -0.25) is 4.79 Å². The van der Waals surface area contributed by atoms with Crippen molar-refractivity contribution >= 4 is 5.97 Å². The Morgan fingerprint density at radius 1 is 1.17 bits per heavy atom. The number of benzene rings is 1. The standard InChI is InChI=1S/C18H29NO5/c1-5-12(10-14(11-19)18(20)21)6-7-13-8-9-15(22-2)17(24-4)16(13)23-3/h8-9,12,14H,5-7,10-11,19H2,1-4H3,(H,20,21).